The first-order valence-electron chi connectivity index (χ1n) is 9.00. The Labute approximate surface area is 129 Å². The van der Waals surface area contributed by atoms with Crippen LogP contribution in [0.5, 0.6) is 0 Å². The van der Waals surface area contributed by atoms with Gasteiger partial charge in [0.15, 0.2) is 5.79 Å². The highest BCUT2D eigenvalue weighted by Gasteiger charge is 2.65. The van der Waals surface area contributed by atoms with Crippen LogP contribution in [0.25, 0.3) is 0 Å². The second kappa shape index (κ2) is 5.50. The van der Waals surface area contributed by atoms with Gasteiger partial charge in [0.2, 0.25) is 0 Å². The first kappa shape index (κ1) is 15.8. The fourth-order valence-corrected chi connectivity index (χ4v) is 6.39. The fourth-order valence-electron chi connectivity index (χ4n) is 6.39. The highest BCUT2D eigenvalue weighted by molar-refractivity contribution is 5.11. The largest absolute Gasteiger partial charge is 0.393 e. The van der Waals surface area contributed by atoms with E-state index in [9.17, 15) is 10.2 Å². The molecule has 21 heavy (non-hydrogen) atoms. The van der Waals surface area contributed by atoms with E-state index in [0.717, 1.165) is 38.5 Å². The molecule has 0 aromatic rings. The summed E-state index contributed by atoms with van der Waals surface area (Å²) in [5, 5.41) is 21.7. The summed E-state index contributed by atoms with van der Waals surface area (Å²) in [5.41, 5.74) is 0.0791. The molecular weight excluding hydrogens is 264 g/mol. The molecule has 0 aromatic carbocycles. The number of fused-ring (bicyclic) bond motifs is 3. The van der Waals surface area contributed by atoms with Gasteiger partial charge in [-0.15, -0.1) is 0 Å². The average Bonchev–Trinajstić information content (AvgIpc) is 2.77. The normalized spacial score (nSPS) is 48.0. The molecule has 4 unspecified atom stereocenters. The molecule has 3 nitrogen and oxygen atoms in total. The molecule has 0 spiro atoms. The Hall–Kier alpha value is -0.120. The van der Waals surface area contributed by atoms with E-state index >= 15 is 0 Å². The van der Waals surface area contributed by atoms with Crippen molar-refractivity contribution < 1.29 is 14.9 Å². The lowest BCUT2D eigenvalue weighted by Gasteiger charge is -2.59. The minimum atomic E-state index is -0.929. The van der Waals surface area contributed by atoms with Gasteiger partial charge in [0.25, 0.3) is 0 Å². The maximum absolute atomic E-state index is 11.1. The van der Waals surface area contributed by atoms with E-state index in [1.54, 1.807) is 0 Å². The van der Waals surface area contributed by atoms with E-state index in [4.69, 9.17) is 4.74 Å². The Balaban J connectivity index is 2.04. The first-order chi connectivity index (χ1) is 9.95. The molecule has 0 radical (unpaired) electrons. The summed E-state index contributed by atoms with van der Waals surface area (Å²) in [7, 11) is 0. The molecule has 0 amide bonds. The summed E-state index contributed by atoms with van der Waals surface area (Å²) >= 11 is 0. The maximum Gasteiger partial charge on any atom is 0.168 e. The van der Waals surface area contributed by atoms with Crippen molar-refractivity contribution in [1.29, 1.82) is 0 Å². The Bertz CT molecular complexity index is 383. The molecule has 122 valence electrons. The van der Waals surface area contributed by atoms with Crippen molar-refractivity contribution in [2.75, 3.05) is 6.61 Å². The van der Waals surface area contributed by atoms with Gasteiger partial charge in [-0.05, 0) is 55.3 Å². The van der Waals surface area contributed by atoms with E-state index in [1.165, 1.54) is 0 Å². The van der Waals surface area contributed by atoms with Crippen LogP contribution in [-0.2, 0) is 4.74 Å². The molecule has 2 saturated carbocycles. The summed E-state index contributed by atoms with van der Waals surface area (Å²) < 4.78 is 5.89. The van der Waals surface area contributed by atoms with Gasteiger partial charge in [-0.2, -0.15) is 0 Å². The second-order valence-corrected chi connectivity index (χ2v) is 8.01. The van der Waals surface area contributed by atoms with Crippen molar-refractivity contribution in [3.05, 3.63) is 0 Å². The van der Waals surface area contributed by atoms with Crippen LogP contribution in [0.2, 0.25) is 0 Å². The molecule has 3 rings (SSSR count). The van der Waals surface area contributed by atoms with Gasteiger partial charge < -0.3 is 14.9 Å². The van der Waals surface area contributed by atoms with Crippen molar-refractivity contribution in [3.63, 3.8) is 0 Å². The topological polar surface area (TPSA) is 49.7 Å². The molecule has 3 aliphatic rings. The van der Waals surface area contributed by atoms with Gasteiger partial charge in [-0.25, -0.2) is 0 Å². The number of rotatable bonds is 3. The van der Waals surface area contributed by atoms with Crippen LogP contribution in [0.4, 0.5) is 0 Å². The van der Waals surface area contributed by atoms with Crippen molar-refractivity contribution in [2.45, 2.75) is 77.6 Å². The third-order valence-electron chi connectivity index (χ3n) is 6.96. The molecule has 1 heterocycles. The Morgan fingerprint density at radius 1 is 1.19 bits per heavy atom. The molecule has 2 aliphatic carbocycles. The first-order valence-corrected chi connectivity index (χ1v) is 9.00. The number of aliphatic hydroxyl groups excluding tert-OH is 1. The molecule has 1 aliphatic heterocycles. The summed E-state index contributed by atoms with van der Waals surface area (Å²) in [6.07, 6.45) is 6.64. The predicted molar refractivity (Wildman–Crippen MR) is 82.6 cm³/mol. The third-order valence-corrected chi connectivity index (χ3v) is 6.96. The highest BCUT2D eigenvalue weighted by atomic mass is 16.6. The van der Waals surface area contributed by atoms with Gasteiger partial charge >= 0.3 is 0 Å². The summed E-state index contributed by atoms with van der Waals surface area (Å²) in [6.45, 7) is 7.58. The van der Waals surface area contributed by atoms with Crippen LogP contribution in [0.1, 0.15) is 65.7 Å². The lowest BCUT2D eigenvalue weighted by atomic mass is 9.50. The molecule has 0 bridgehead atoms. The summed E-state index contributed by atoms with van der Waals surface area (Å²) in [6, 6.07) is 0. The summed E-state index contributed by atoms with van der Waals surface area (Å²) in [5.74, 6) is 0.797. The molecule has 0 aromatic heterocycles. The third kappa shape index (κ3) is 2.19. The van der Waals surface area contributed by atoms with Crippen LogP contribution in [0.15, 0.2) is 0 Å². The van der Waals surface area contributed by atoms with Crippen LogP contribution < -0.4 is 0 Å². The van der Waals surface area contributed by atoms with Gasteiger partial charge in [0, 0.05) is 12.3 Å². The zero-order valence-corrected chi connectivity index (χ0v) is 13.8. The monoisotopic (exact) mass is 296 g/mol. The molecule has 3 fully saturated rings. The molecular formula is C18H32O3. The lowest BCUT2D eigenvalue weighted by Crippen LogP contribution is -2.61. The van der Waals surface area contributed by atoms with Gasteiger partial charge in [-0.1, -0.05) is 27.2 Å². The molecule has 6 atom stereocenters. The smallest absolute Gasteiger partial charge is 0.168 e. The van der Waals surface area contributed by atoms with E-state index in [2.05, 4.69) is 20.8 Å². The van der Waals surface area contributed by atoms with Crippen molar-refractivity contribution >= 4 is 0 Å². The maximum atomic E-state index is 11.1. The van der Waals surface area contributed by atoms with E-state index in [-0.39, 0.29) is 17.4 Å². The standard InChI is InChI=1S/C18H32O3/c1-4-13(12(2)3)17-9-8-15(19)14(17)7-10-18(20)16(17)6-5-11-21-18/h12-16,19-20H,4-11H2,1-3H3/t13?,14-,15?,16?,17-,18?/m1/s1. The SMILES string of the molecule is CCC(C(C)C)[C@]12CCC(O)[C@H]1CCC1(O)OCCCC12. The lowest BCUT2D eigenvalue weighted by molar-refractivity contribution is -0.316. The van der Waals surface area contributed by atoms with Gasteiger partial charge in [-0.3, -0.25) is 0 Å². The van der Waals surface area contributed by atoms with Crippen LogP contribution >= 0.6 is 0 Å². The van der Waals surface area contributed by atoms with Crippen molar-refractivity contribution in [1.82, 2.24) is 0 Å². The van der Waals surface area contributed by atoms with E-state index in [1.807, 2.05) is 0 Å². The van der Waals surface area contributed by atoms with Crippen molar-refractivity contribution in [2.24, 2.45) is 29.1 Å². The fraction of sp³-hybridized carbons (Fsp3) is 1.00. The quantitative estimate of drug-likeness (QED) is 0.840. The molecule has 2 N–H and O–H groups in total. The van der Waals surface area contributed by atoms with Gasteiger partial charge in [0.05, 0.1) is 12.7 Å². The zero-order chi connectivity index (χ0) is 15.3. The Morgan fingerprint density at radius 3 is 2.62 bits per heavy atom. The zero-order valence-electron chi connectivity index (χ0n) is 13.8. The second-order valence-electron chi connectivity index (χ2n) is 8.01. The van der Waals surface area contributed by atoms with Crippen LogP contribution in [-0.4, -0.2) is 28.7 Å². The highest BCUT2D eigenvalue weighted by Crippen LogP contribution is 2.65. The van der Waals surface area contributed by atoms with Crippen LogP contribution in [0, 0.1) is 29.1 Å². The minimum absolute atomic E-state index is 0.0791. The van der Waals surface area contributed by atoms with E-state index in [0.29, 0.717) is 30.8 Å². The Morgan fingerprint density at radius 2 is 1.95 bits per heavy atom. The summed E-state index contributed by atoms with van der Waals surface area (Å²) in [4.78, 5) is 0. The van der Waals surface area contributed by atoms with Crippen LogP contribution in [0.3, 0.4) is 0 Å². The van der Waals surface area contributed by atoms with Gasteiger partial charge in [0.1, 0.15) is 0 Å². The number of aliphatic hydroxyl groups is 2. The Kier molecular flexibility index (Phi) is 4.13. The average molecular weight is 296 g/mol. The van der Waals surface area contributed by atoms with Crippen molar-refractivity contribution in [3.8, 4) is 0 Å². The molecule has 1 saturated heterocycles. The molecule has 3 heteroatoms. The predicted octanol–water partition coefficient (Wildman–Crippen LogP) is 3.33. The number of hydrogen-bond acceptors (Lipinski definition) is 3. The number of hydrogen-bond donors (Lipinski definition) is 2. The van der Waals surface area contributed by atoms with E-state index < -0.39 is 5.79 Å². The minimum Gasteiger partial charge on any atom is -0.393 e. The number of ether oxygens (including phenoxy) is 1.